The molecule has 8 heteroatoms. The predicted molar refractivity (Wildman–Crippen MR) is 99.9 cm³/mol. The van der Waals surface area contributed by atoms with E-state index in [0.717, 1.165) is 5.56 Å². The summed E-state index contributed by atoms with van der Waals surface area (Å²) in [5.41, 5.74) is 1.70. The Labute approximate surface area is 155 Å². The molecule has 2 heterocycles. The molecule has 0 radical (unpaired) electrons. The molecular formula is C19H17FN6O. The first-order valence-electron chi connectivity index (χ1n) is 8.31. The summed E-state index contributed by atoms with van der Waals surface area (Å²) >= 11 is 0. The SMILES string of the molecule is N#Cc1c(F)cccc1Nc1cc(-c2ccncc2)nc(NCCCO)n1. The first kappa shape index (κ1) is 18.2. The fourth-order valence-electron chi connectivity index (χ4n) is 2.42. The van der Waals surface area contributed by atoms with Crippen LogP contribution in [0.25, 0.3) is 11.3 Å². The molecule has 0 bridgehead atoms. The van der Waals surface area contributed by atoms with Gasteiger partial charge in [0.15, 0.2) is 0 Å². The molecule has 0 aliphatic rings. The molecule has 3 aromatic rings. The molecule has 0 amide bonds. The standard InChI is InChI=1S/C19H17FN6O/c20-15-3-1-4-16(14(15)12-21)24-18-11-17(13-5-8-22-9-6-13)25-19(26-18)23-7-2-10-27/h1,3-6,8-9,11,27H,2,7,10H2,(H2,23,24,25,26). The van der Waals surface area contributed by atoms with E-state index < -0.39 is 5.82 Å². The van der Waals surface area contributed by atoms with Crippen molar-refractivity contribution in [2.75, 3.05) is 23.8 Å². The molecule has 0 aliphatic heterocycles. The minimum atomic E-state index is -0.604. The van der Waals surface area contributed by atoms with Crippen molar-refractivity contribution in [2.24, 2.45) is 0 Å². The van der Waals surface area contributed by atoms with Gasteiger partial charge in [-0.05, 0) is 30.7 Å². The van der Waals surface area contributed by atoms with Crippen molar-refractivity contribution in [1.29, 1.82) is 5.26 Å². The van der Waals surface area contributed by atoms with E-state index >= 15 is 0 Å². The molecule has 3 rings (SSSR count). The summed E-state index contributed by atoms with van der Waals surface area (Å²) in [4.78, 5) is 12.8. The van der Waals surface area contributed by atoms with Gasteiger partial charge in [0.1, 0.15) is 23.3 Å². The number of aromatic nitrogens is 3. The number of halogens is 1. The lowest BCUT2D eigenvalue weighted by Gasteiger charge is -2.12. The minimum Gasteiger partial charge on any atom is -0.396 e. The topological polar surface area (TPSA) is 107 Å². The van der Waals surface area contributed by atoms with E-state index in [-0.39, 0.29) is 12.2 Å². The summed E-state index contributed by atoms with van der Waals surface area (Å²) in [5, 5.41) is 24.2. The molecule has 0 unspecified atom stereocenters. The Bertz CT molecular complexity index is 958. The van der Waals surface area contributed by atoms with Gasteiger partial charge >= 0.3 is 0 Å². The smallest absolute Gasteiger partial charge is 0.225 e. The average molecular weight is 364 g/mol. The second-order valence-corrected chi connectivity index (χ2v) is 5.60. The van der Waals surface area contributed by atoms with Gasteiger partial charge in [-0.25, -0.2) is 9.37 Å². The lowest BCUT2D eigenvalue weighted by Crippen LogP contribution is -2.09. The number of nitriles is 1. The van der Waals surface area contributed by atoms with Crippen LogP contribution < -0.4 is 10.6 Å². The fourth-order valence-corrected chi connectivity index (χ4v) is 2.42. The van der Waals surface area contributed by atoms with E-state index in [1.807, 2.05) is 18.2 Å². The van der Waals surface area contributed by atoms with Crippen LogP contribution in [0.3, 0.4) is 0 Å². The molecule has 0 saturated heterocycles. The highest BCUT2D eigenvalue weighted by atomic mass is 19.1. The van der Waals surface area contributed by atoms with Crippen molar-refractivity contribution in [3.8, 4) is 17.3 Å². The van der Waals surface area contributed by atoms with E-state index in [2.05, 4.69) is 25.6 Å². The monoisotopic (exact) mass is 364 g/mol. The van der Waals surface area contributed by atoms with Crippen LogP contribution in [0.2, 0.25) is 0 Å². The summed E-state index contributed by atoms with van der Waals surface area (Å²) in [6, 6.07) is 11.5. The number of nitrogens with one attached hydrogen (secondary N) is 2. The lowest BCUT2D eigenvalue weighted by molar-refractivity contribution is 0.292. The number of pyridine rings is 1. The Kier molecular flexibility index (Phi) is 5.87. The van der Waals surface area contributed by atoms with E-state index in [1.165, 1.54) is 12.1 Å². The van der Waals surface area contributed by atoms with Gasteiger partial charge in [0.2, 0.25) is 5.95 Å². The second kappa shape index (κ2) is 8.69. The van der Waals surface area contributed by atoms with Crippen LogP contribution in [0.1, 0.15) is 12.0 Å². The van der Waals surface area contributed by atoms with Gasteiger partial charge in [0, 0.05) is 37.2 Å². The molecular weight excluding hydrogens is 347 g/mol. The van der Waals surface area contributed by atoms with Gasteiger partial charge in [-0.3, -0.25) is 4.98 Å². The zero-order valence-corrected chi connectivity index (χ0v) is 14.4. The minimum absolute atomic E-state index is 0.0526. The summed E-state index contributed by atoms with van der Waals surface area (Å²) in [5.74, 6) is 0.160. The number of aliphatic hydroxyl groups is 1. The first-order valence-corrected chi connectivity index (χ1v) is 8.31. The van der Waals surface area contributed by atoms with Gasteiger partial charge in [-0.15, -0.1) is 0 Å². The predicted octanol–water partition coefficient (Wildman–Crippen LogP) is 3.09. The molecule has 7 nitrogen and oxygen atoms in total. The highest BCUT2D eigenvalue weighted by molar-refractivity contribution is 5.70. The van der Waals surface area contributed by atoms with E-state index in [4.69, 9.17) is 5.11 Å². The summed E-state index contributed by atoms with van der Waals surface area (Å²) < 4.78 is 13.8. The second-order valence-electron chi connectivity index (χ2n) is 5.60. The van der Waals surface area contributed by atoms with Crippen molar-refractivity contribution in [1.82, 2.24) is 15.0 Å². The third-order valence-corrected chi connectivity index (χ3v) is 3.71. The number of anilines is 3. The maximum Gasteiger partial charge on any atom is 0.225 e. The highest BCUT2D eigenvalue weighted by Crippen LogP contribution is 2.25. The van der Waals surface area contributed by atoms with Gasteiger partial charge in [0.05, 0.1) is 11.4 Å². The molecule has 136 valence electrons. The van der Waals surface area contributed by atoms with E-state index in [1.54, 1.807) is 24.5 Å². The van der Waals surface area contributed by atoms with Crippen molar-refractivity contribution in [2.45, 2.75) is 6.42 Å². The zero-order valence-electron chi connectivity index (χ0n) is 14.4. The normalized spacial score (nSPS) is 10.3. The van der Waals surface area contributed by atoms with Crippen molar-refractivity contribution in [3.05, 3.63) is 60.2 Å². The summed E-state index contributed by atoms with van der Waals surface area (Å²) in [6.07, 6.45) is 3.86. The summed E-state index contributed by atoms with van der Waals surface area (Å²) in [7, 11) is 0. The number of nitrogens with zero attached hydrogens (tertiary/aromatic N) is 4. The Hall–Kier alpha value is -3.57. The molecule has 0 saturated carbocycles. The first-order chi connectivity index (χ1) is 13.2. The van der Waals surface area contributed by atoms with Crippen LogP contribution in [0.5, 0.6) is 0 Å². The van der Waals surface area contributed by atoms with Crippen LogP contribution in [-0.4, -0.2) is 33.2 Å². The number of hydrogen-bond acceptors (Lipinski definition) is 7. The van der Waals surface area contributed by atoms with Gasteiger partial charge in [-0.1, -0.05) is 6.07 Å². The van der Waals surface area contributed by atoms with Crippen LogP contribution in [0.15, 0.2) is 48.8 Å². The maximum absolute atomic E-state index is 13.8. The average Bonchev–Trinajstić information content (AvgIpc) is 2.69. The van der Waals surface area contributed by atoms with E-state index in [9.17, 15) is 9.65 Å². The maximum atomic E-state index is 13.8. The molecule has 0 aliphatic carbocycles. The van der Waals surface area contributed by atoms with Crippen molar-refractivity contribution in [3.63, 3.8) is 0 Å². The molecule has 0 spiro atoms. The third-order valence-electron chi connectivity index (χ3n) is 3.71. The number of benzene rings is 1. The number of hydrogen-bond donors (Lipinski definition) is 3. The lowest BCUT2D eigenvalue weighted by atomic mass is 10.1. The molecule has 2 aromatic heterocycles. The molecule has 3 N–H and O–H groups in total. The zero-order chi connectivity index (χ0) is 19.1. The van der Waals surface area contributed by atoms with E-state index in [0.29, 0.717) is 36.1 Å². The van der Waals surface area contributed by atoms with Gasteiger partial charge in [0.25, 0.3) is 0 Å². The number of aliphatic hydroxyl groups excluding tert-OH is 1. The fraction of sp³-hybridized carbons (Fsp3) is 0.158. The van der Waals surface area contributed by atoms with Crippen molar-refractivity contribution < 1.29 is 9.50 Å². The van der Waals surface area contributed by atoms with Crippen LogP contribution in [0.4, 0.5) is 21.8 Å². The van der Waals surface area contributed by atoms with Crippen molar-refractivity contribution >= 4 is 17.5 Å². The Morgan fingerprint density at radius 2 is 1.96 bits per heavy atom. The summed E-state index contributed by atoms with van der Waals surface area (Å²) in [6.45, 7) is 0.552. The Morgan fingerprint density at radius 1 is 1.15 bits per heavy atom. The quantitative estimate of drug-likeness (QED) is 0.553. The van der Waals surface area contributed by atoms with Gasteiger partial charge < -0.3 is 15.7 Å². The molecule has 0 atom stereocenters. The van der Waals surface area contributed by atoms with Crippen LogP contribution in [-0.2, 0) is 0 Å². The Morgan fingerprint density at radius 3 is 2.70 bits per heavy atom. The third kappa shape index (κ3) is 4.54. The Balaban J connectivity index is 1.98. The largest absolute Gasteiger partial charge is 0.396 e. The van der Waals surface area contributed by atoms with Gasteiger partial charge in [-0.2, -0.15) is 10.2 Å². The number of rotatable bonds is 7. The highest BCUT2D eigenvalue weighted by Gasteiger charge is 2.11. The molecule has 1 aromatic carbocycles. The molecule has 27 heavy (non-hydrogen) atoms. The van der Waals surface area contributed by atoms with Crippen LogP contribution in [0, 0.1) is 17.1 Å². The van der Waals surface area contributed by atoms with Crippen LogP contribution >= 0.6 is 0 Å². The molecule has 0 fully saturated rings.